The standard InChI is InChI=1S/C14H16N4O3S/c19-8-9-2-5-18(6-3-9)13-15-4-1-10(16-13)7-11-12(20)17-14(21)22-11/h1,4,7,9,19H,2-3,5-6,8H2,(H,17,20,21)/b11-7-. The van der Waals surface area contributed by atoms with Crippen LogP contribution in [-0.4, -0.2) is 45.9 Å². The third kappa shape index (κ3) is 3.28. The fourth-order valence-corrected chi connectivity index (χ4v) is 3.13. The zero-order valence-corrected chi connectivity index (χ0v) is 12.7. The highest BCUT2D eigenvalue weighted by Gasteiger charge is 2.25. The van der Waals surface area contributed by atoms with Crippen molar-refractivity contribution in [3.05, 3.63) is 22.9 Å². The first-order valence-corrected chi connectivity index (χ1v) is 7.91. The summed E-state index contributed by atoms with van der Waals surface area (Å²) in [5.74, 6) is 0.575. The van der Waals surface area contributed by atoms with Gasteiger partial charge in [0.15, 0.2) is 0 Å². The molecule has 0 unspecified atom stereocenters. The Kier molecular flexibility index (Phi) is 4.39. The van der Waals surface area contributed by atoms with Crippen LogP contribution < -0.4 is 10.2 Å². The lowest BCUT2D eigenvalue weighted by atomic mass is 9.98. The molecule has 0 atom stereocenters. The molecule has 2 fully saturated rings. The number of nitrogens with zero attached hydrogens (tertiary/aromatic N) is 3. The second kappa shape index (κ2) is 6.45. The fourth-order valence-electron chi connectivity index (χ4n) is 2.47. The Morgan fingerprint density at radius 3 is 2.82 bits per heavy atom. The Morgan fingerprint density at radius 1 is 1.41 bits per heavy atom. The van der Waals surface area contributed by atoms with Gasteiger partial charge in [-0.3, -0.25) is 14.9 Å². The molecule has 0 radical (unpaired) electrons. The number of rotatable bonds is 3. The lowest BCUT2D eigenvalue weighted by molar-refractivity contribution is -0.115. The number of amides is 2. The fraction of sp³-hybridized carbons (Fsp3) is 0.429. The van der Waals surface area contributed by atoms with Gasteiger partial charge < -0.3 is 10.0 Å². The molecule has 2 saturated heterocycles. The second-order valence-electron chi connectivity index (χ2n) is 5.25. The minimum atomic E-state index is -0.390. The summed E-state index contributed by atoms with van der Waals surface area (Å²) in [6.07, 6.45) is 5.07. The van der Waals surface area contributed by atoms with Crippen molar-refractivity contribution in [3.63, 3.8) is 0 Å². The van der Waals surface area contributed by atoms with Gasteiger partial charge in [-0.25, -0.2) is 9.97 Å². The number of nitrogens with one attached hydrogen (secondary N) is 1. The Labute approximate surface area is 131 Å². The molecule has 3 heterocycles. The van der Waals surface area contributed by atoms with Gasteiger partial charge in [0.2, 0.25) is 5.95 Å². The smallest absolute Gasteiger partial charge is 0.290 e. The lowest BCUT2D eigenvalue weighted by Crippen LogP contribution is -2.35. The summed E-state index contributed by atoms with van der Waals surface area (Å²) < 4.78 is 0. The van der Waals surface area contributed by atoms with Gasteiger partial charge in [-0.1, -0.05) is 0 Å². The molecule has 2 aliphatic rings. The number of carbonyl (C=O) groups is 2. The van der Waals surface area contributed by atoms with E-state index < -0.39 is 0 Å². The van der Waals surface area contributed by atoms with Crippen molar-refractivity contribution in [1.82, 2.24) is 15.3 Å². The van der Waals surface area contributed by atoms with Gasteiger partial charge in [0, 0.05) is 25.9 Å². The predicted molar refractivity (Wildman–Crippen MR) is 83.2 cm³/mol. The second-order valence-corrected chi connectivity index (χ2v) is 6.26. The monoisotopic (exact) mass is 320 g/mol. The number of carbonyl (C=O) groups excluding carboxylic acids is 2. The van der Waals surface area contributed by atoms with Crippen molar-refractivity contribution < 1.29 is 14.7 Å². The van der Waals surface area contributed by atoms with Crippen molar-refractivity contribution in [2.24, 2.45) is 5.92 Å². The van der Waals surface area contributed by atoms with Crippen LogP contribution in [-0.2, 0) is 4.79 Å². The summed E-state index contributed by atoms with van der Waals surface area (Å²) in [6, 6.07) is 1.70. The summed E-state index contributed by atoms with van der Waals surface area (Å²) >= 11 is 0.873. The zero-order valence-electron chi connectivity index (χ0n) is 11.9. The minimum absolute atomic E-state index is 0.223. The number of hydrogen-bond acceptors (Lipinski definition) is 7. The highest BCUT2D eigenvalue weighted by Crippen LogP contribution is 2.26. The molecular formula is C14H16N4O3S. The third-order valence-electron chi connectivity index (χ3n) is 3.74. The topological polar surface area (TPSA) is 95.4 Å². The van der Waals surface area contributed by atoms with E-state index in [1.165, 1.54) is 0 Å². The van der Waals surface area contributed by atoms with Gasteiger partial charge in [0.1, 0.15) is 0 Å². The van der Waals surface area contributed by atoms with Gasteiger partial charge in [0.25, 0.3) is 11.1 Å². The van der Waals surface area contributed by atoms with Gasteiger partial charge in [-0.2, -0.15) is 0 Å². The number of hydrogen-bond donors (Lipinski definition) is 2. The summed E-state index contributed by atoms with van der Waals surface area (Å²) in [6.45, 7) is 1.83. The minimum Gasteiger partial charge on any atom is -0.396 e. The SMILES string of the molecule is O=C1NC(=O)/C(=C/c2ccnc(N3CCC(CO)CC3)n2)S1. The van der Waals surface area contributed by atoms with Gasteiger partial charge >= 0.3 is 0 Å². The molecule has 2 N–H and O–H groups in total. The van der Waals surface area contributed by atoms with Crippen LogP contribution in [0.1, 0.15) is 18.5 Å². The van der Waals surface area contributed by atoms with Crippen molar-refractivity contribution >= 4 is 34.9 Å². The van der Waals surface area contributed by atoms with E-state index in [0.29, 0.717) is 22.5 Å². The largest absolute Gasteiger partial charge is 0.396 e. The van der Waals surface area contributed by atoms with Crippen LogP contribution in [0.4, 0.5) is 10.7 Å². The highest BCUT2D eigenvalue weighted by molar-refractivity contribution is 8.18. The Hall–Kier alpha value is -1.93. The Morgan fingerprint density at radius 2 is 2.18 bits per heavy atom. The number of aromatic nitrogens is 2. The molecule has 8 heteroatoms. The quantitative estimate of drug-likeness (QED) is 0.802. The first-order chi connectivity index (χ1) is 10.7. The Bertz CT molecular complexity index is 626. The number of imide groups is 1. The maximum absolute atomic E-state index is 11.5. The molecule has 1 aromatic heterocycles. The van der Waals surface area contributed by atoms with E-state index in [1.54, 1.807) is 18.3 Å². The average molecular weight is 320 g/mol. The maximum Gasteiger partial charge on any atom is 0.290 e. The van der Waals surface area contributed by atoms with E-state index in [1.807, 2.05) is 0 Å². The van der Waals surface area contributed by atoms with Crippen molar-refractivity contribution in [1.29, 1.82) is 0 Å². The molecule has 2 aliphatic heterocycles. The summed E-state index contributed by atoms with van der Waals surface area (Å²) in [5, 5.41) is 11.0. The van der Waals surface area contributed by atoms with Crippen LogP contribution in [0.5, 0.6) is 0 Å². The van der Waals surface area contributed by atoms with Crippen LogP contribution in [0.15, 0.2) is 17.2 Å². The number of aliphatic hydroxyl groups is 1. The molecular weight excluding hydrogens is 304 g/mol. The summed E-state index contributed by atoms with van der Waals surface area (Å²) in [4.78, 5) is 33.8. The zero-order chi connectivity index (χ0) is 15.5. The van der Waals surface area contributed by atoms with Crippen molar-refractivity contribution in [2.75, 3.05) is 24.6 Å². The van der Waals surface area contributed by atoms with Gasteiger partial charge in [-0.15, -0.1) is 0 Å². The number of thioether (sulfide) groups is 1. The highest BCUT2D eigenvalue weighted by atomic mass is 32.2. The van der Waals surface area contributed by atoms with E-state index in [-0.39, 0.29) is 17.8 Å². The molecule has 0 bridgehead atoms. The molecule has 0 aliphatic carbocycles. The maximum atomic E-state index is 11.5. The van der Waals surface area contributed by atoms with Crippen LogP contribution in [0, 0.1) is 5.92 Å². The average Bonchev–Trinajstić information content (AvgIpc) is 2.85. The number of anilines is 1. The molecule has 7 nitrogen and oxygen atoms in total. The Balaban J connectivity index is 1.75. The van der Waals surface area contributed by atoms with Gasteiger partial charge in [-0.05, 0) is 42.7 Å². The molecule has 0 saturated carbocycles. The van der Waals surface area contributed by atoms with E-state index in [4.69, 9.17) is 0 Å². The van der Waals surface area contributed by atoms with E-state index >= 15 is 0 Å². The van der Waals surface area contributed by atoms with Crippen molar-refractivity contribution in [2.45, 2.75) is 12.8 Å². The molecule has 2 amide bonds. The van der Waals surface area contributed by atoms with Crippen LogP contribution in [0.25, 0.3) is 6.08 Å². The summed E-state index contributed by atoms with van der Waals surface area (Å²) in [5.41, 5.74) is 0.599. The van der Waals surface area contributed by atoms with Crippen molar-refractivity contribution in [3.8, 4) is 0 Å². The molecule has 3 rings (SSSR count). The molecule has 0 aromatic carbocycles. The first kappa shape index (κ1) is 15.0. The van der Waals surface area contributed by atoms with E-state index in [0.717, 1.165) is 37.7 Å². The number of aliphatic hydroxyl groups excluding tert-OH is 1. The van der Waals surface area contributed by atoms with E-state index in [9.17, 15) is 14.7 Å². The normalized spacial score (nSPS) is 21.5. The van der Waals surface area contributed by atoms with E-state index in [2.05, 4.69) is 20.2 Å². The van der Waals surface area contributed by atoms with Crippen LogP contribution in [0.2, 0.25) is 0 Å². The van der Waals surface area contributed by atoms with Crippen LogP contribution >= 0.6 is 11.8 Å². The lowest BCUT2D eigenvalue weighted by Gasteiger charge is -2.31. The number of piperidine rings is 1. The molecule has 1 aromatic rings. The van der Waals surface area contributed by atoms with Gasteiger partial charge in [0.05, 0.1) is 10.6 Å². The third-order valence-corrected chi connectivity index (χ3v) is 4.55. The first-order valence-electron chi connectivity index (χ1n) is 7.09. The van der Waals surface area contributed by atoms with Crippen LogP contribution in [0.3, 0.4) is 0 Å². The molecule has 0 spiro atoms. The predicted octanol–water partition coefficient (Wildman–Crippen LogP) is 1.01. The summed E-state index contributed by atoms with van der Waals surface area (Å²) in [7, 11) is 0. The molecule has 22 heavy (non-hydrogen) atoms. The molecule has 116 valence electrons.